The molecular formula is C20H25ClN4O4. The van der Waals surface area contributed by atoms with Crippen molar-refractivity contribution in [2.45, 2.75) is 45.6 Å². The van der Waals surface area contributed by atoms with Crippen LogP contribution in [0.15, 0.2) is 24.3 Å². The summed E-state index contributed by atoms with van der Waals surface area (Å²) in [6, 6.07) is 5.79. The van der Waals surface area contributed by atoms with Crippen LogP contribution in [-0.4, -0.2) is 40.7 Å². The maximum Gasteiger partial charge on any atom is 0.325 e. The van der Waals surface area contributed by atoms with Gasteiger partial charge in [0.1, 0.15) is 12.1 Å². The van der Waals surface area contributed by atoms with Crippen molar-refractivity contribution >= 4 is 35.4 Å². The second-order valence-corrected chi connectivity index (χ2v) is 9.15. The van der Waals surface area contributed by atoms with Gasteiger partial charge < -0.3 is 5.32 Å². The van der Waals surface area contributed by atoms with Gasteiger partial charge in [-0.3, -0.25) is 30.1 Å². The Morgan fingerprint density at radius 3 is 2.55 bits per heavy atom. The molecule has 156 valence electrons. The van der Waals surface area contributed by atoms with Crippen molar-refractivity contribution < 1.29 is 19.2 Å². The second kappa shape index (κ2) is 7.67. The van der Waals surface area contributed by atoms with Gasteiger partial charge in [-0.2, -0.15) is 0 Å². The van der Waals surface area contributed by atoms with E-state index in [1.54, 1.807) is 18.2 Å². The summed E-state index contributed by atoms with van der Waals surface area (Å²) >= 11 is 5.95. The zero-order valence-electron chi connectivity index (χ0n) is 16.7. The van der Waals surface area contributed by atoms with Crippen LogP contribution in [0.3, 0.4) is 0 Å². The molecule has 0 aromatic heterocycles. The number of rotatable bonds is 3. The number of nitrogens with zero attached hydrogens (tertiary/aromatic N) is 1. The van der Waals surface area contributed by atoms with Crippen molar-refractivity contribution in [1.82, 2.24) is 21.1 Å². The Hall–Kier alpha value is -2.61. The van der Waals surface area contributed by atoms with Crippen molar-refractivity contribution in [3.63, 3.8) is 0 Å². The first-order chi connectivity index (χ1) is 13.5. The van der Waals surface area contributed by atoms with Crippen LogP contribution in [-0.2, 0) is 9.59 Å². The number of urea groups is 1. The molecule has 3 N–H and O–H groups in total. The third-order valence-electron chi connectivity index (χ3n) is 5.36. The summed E-state index contributed by atoms with van der Waals surface area (Å²) in [5.74, 6) is -1.41. The average molecular weight is 421 g/mol. The normalized spacial score (nSPS) is 25.7. The van der Waals surface area contributed by atoms with Gasteiger partial charge in [0.15, 0.2) is 0 Å². The molecular weight excluding hydrogens is 396 g/mol. The fraction of sp³-hybridized carbons (Fsp3) is 0.500. The van der Waals surface area contributed by atoms with Gasteiger partial charge in [0, 0.05) is 0 Å². The molecule has 1 aliphatic carbocycles. The zero-order valence-corrected chi connectivity index (χ0v) is 17.4. The van der Waals surface area contributed by atoms with Crippen molar-refractivity contribution in [2.24, 2.45) is 11.3 Å². The highest BCUT2D eigenvalue weighted by atomic mass is 35.5. The molecule has 2 fully saturated rings. The number of nitrogens with one attached hydrogen (secondary N) is 3. The van der Waals surface area contributed by atoms with E-state index in [9.17, 15) is 19.2 Å². The van der Waals surface area contributed by atoms with Crippen LogP contribution in [0, 0.1) is 11.3 Å². The van der Waals surface area contributed by atoms with Crippen molar-refractivity contribution in [2.75, 3.05) is 6.54 Å². The summed E-state index contributed by atoms with van der Waals surface area (Å²) < 4.78 is 0. The second-order valence-electron chi connectivity index (χ2n) is 8.74. The summed E-state index contributed by atoms with van der Waals surface area (Å²) in [4.78, 5) is 50.7. The van der Waals surface area contributed by atoms with E-state index in [2.05, 4.69) is 36.9 Å². The lowest BCUT2D eigenvalue weighted by atomic mass is 9.64. The number of hydrogen-bond acceptors (Lipinski definition) is 4. The number of hydrogen-bond donors (Lipinski definition) is 3. The Bertz CT molecular complexity index is 872. The largest absolute Gasteiger partial charge is 0.325 e. The molecule has 0 bridgehead atoms. The average Bonchev–Trinajstić information content (AvgIpc) is 2.81. The van der Waals surface area contributed by atoms with E-state index >= 15 is 0 Å². The summed E-state index contributed by atoms with van der Waals surface area (Å²) in [6.07, 6.45) is 2.03. The number of hydrazine groups is 1. The van der Waals surface area contributed by atoms with Gasteiger partial charge in [-0.05, 0) is 42.7 Å². The molecule has 1 heterocycles. The molecule has 29 heavy (non-hydrogen) atoms. The summed E-state index contributed by atoms with van der Waals surface area (Å²) in [5, 5.41) is 3.05. The Balaban J connectivity index is 1.62. The molecule has 1 aliphatic heterocycles. The fourth-order valence-corrected chi connectivity index (χ4v) is 4.89. The molecule has 5 amide bonds. The predicted octanol–water partition coefficient (Wildman–Crippen LogP) is 2.24. The molecule has 3 rings (SSSR count). The Kier molecular flexibility index (Phi) is 5.58. The minimum Gasteiger partial charge on any atom is -0.323 e. The van der Waals surface area contributed by atoms with Gasteiger partial charge in [0.2, 0.25) is 0 Å². The monoisotopic (exact) mass is 420 g/mol. The summed E-state index contributed by atoms with van der Waals surface area (Å²) in [5.41, 5.74) is 3.59. The van der Waals surface area contributed by atoms with E-state index in [0.29, 0.717) is 12.8 Å². The van der Waals surface area contributed by atoms with Gasteiger partial charge >= 0.3 is 6.03 Å². The predicted molar refractivity (Wildman–Crippen MR) is 107 cm³/mol. The first-order valence-corrected chi connectivity index (χ1v) is 9.89. The molecule has 1 saturated carbocycles. The minimum atomic E-state index is -0.973. The molecule has 1 aromatic rings. The summed E-state index contributed by atoms with van der Waals surface area (Å²) in [7, 11) is 0. The van der Waals surface area contributed by atoms with Gasteiger partial charge in [-0.25, -0.2) is 4.79 Å². The molecule has 1 spiro atoms. The number of imide groups is 1. The van der Waals surface area contributed by atoms with Crippen LogP contribution in [0.5, 0.6) is 0 Å². The van der Waals surface area contributed by atoms with E-state index < -0.39 is 35.8 Å². The minimum absolute atomic E-state index is 0.0954. The summed E-state index contributed by atoms with van der Waals surface area (Å²) in [6.45, 7) is 5.72. The Labute approximate surface area is 174 Å². The smallest absolute Gasteiger partial charge is 0.323 e. The maximum absolute atomic E-state index is 13.0. The third kappa shape index (κ3) is 4.37. The van der Waals surface area contributed by atoms with E-state index in [-0.39, 0.29) is 21.9 Å². The molecule has 1 saturated heterocycles. The fourth-order valence-electron chi connectivity index (χ4n) is 4.67. The highest BCUT2D eigenvalue weighted by Gasteiger charge is 2.56. The Morgan fingerprint density at radius 1 is 1.21 bits per heavy atom. The third-order valence-corrected chi connectivity index (χ3v) is 5.69. The number of amides is 5. The van der Waals surface area contributed by atoms with Gasteiger partial charge in [0.05, 0.1) is 10.6 Å². The standard InChI is InChI=1S/C20H25ClN4O4/c1-12-8-19(2,3)11-20(9-12)17(28)25(18(29)22-20)10-15(26)23-24-16(27)13-6-4-5-7-14(13)21/h4-7,12H,8-11H2,1-3H3,(H,22,29)(H,23,26)(H,24,27)/t12-,20-/m1/s1. The lowest BCUT2D eigenvalue weighted by Gasteiger charge is -2.43. The van der Waals surface area contributed by atoms with Crippen LogP contribution < -0.4 is 16.2 Å². The highest BCUT2D eigenvalue weighted by Crippen LogP contribution is 2.46. The number of carbonyl (C=O) groups is 4. The number of halogens is 1. The van der Waals surface area contributed by atoms with Crippen LogP contribution in [0.1, 0.15) is 50.4 Å². The molecule has 2 aliphatic rings. The topological polar surface area (TPSA) is 108 Å². The quantitative estimate of drug-likeness (QED) is 0.514. The molecule has 8 nitrogen and oxygen atoms in total. The highest BCUT2D eigenvalue weighted by molar-refractivity contribution is 6.33. The van der Waals surface area contributed by atoms with Crippen molar-refractivity contribution in [3.05, 3.63) is 34.9 Å². The molecule has 1 aromatic carbocycles. The van der Waals surface area contributed by atoms with Gasteiger partial charge in [0.25, 0.3) is 17.7 Å². The Morgan fingerprint density at radius 2 is 1.90 bits per heavy atom. The van der Waals surface area contributed by atoms with E-state index in [1.165, 1.54) is 6.07 Å². The van der Waals surface area contributed by atoms with E-state index in [1.807, 2.05) is 0 Å². The van der Waals surface area contributed by atoms with Crippen molar-refractivity contribution in [1.29, 1.82) is 0 Å². The first-order valence-electron chi connectivity index (χ1n) is 9.51. The first kappa shape index (κ1) is 21.1. The molecule has 2 atom stereocenters. The van der Waals surface area contributed by atoms with Gasteiger partial charge in [-0.1, -0.05) is 44.5 Å². The van der Waals surface area contributed by atoms with Crippen LogP contribution >= 0.6 is 11.6 Å². The molecule has 9 heteroatoms. The lowest BCUT2D eigenvalue weighted by molar-refractivity contribution is -0.137. The molecule has 0 radical (unpaired) electrons. The number of carbonyl (C=O) groups excluding carboxylic acids is 4. The van der Waals surface area contributed by atoms with E-state index in [0.717, 1.165) is 11.3 Å². The molecule has 0 unspecified atom stereocenters. The van der Waals surface area contributed by atoms with Crippen LogP contribution in [0.25, 0.3) is 0 Å². The lowest BCUT2D eigenvalue weighted by Crippen LogP contribution is -2.54. The van der Waals surface area contributed by atoms with Crippen molar-refractivity contribution in [3.8, 4) is 0 Å². The maximum atomic E-state index is 13.0. The number of benzene rings is 1. The van der Waals surface area contributed by atoms with E-state index in [4.69, 9.17) is 11.6 Å². The van der Waals surface area contributed by atoms with Crippen LogP contribution in [0.2, 0.25) is 5.02 Å². The SMILES string of the molecule is C[C@@H]1CC(C)(C)C[C@@]2(C1)NC(=O)N(CC(=O)NNC(=O)c1ccccc1Cl)C2=O. The van der Waals surface area contributed by atoms with Gasteiger partial charge in [-0.15, -0.1) is 0 Å². The van der Waals surface area contributed by atoms with Crippen LogP contribution in [0.4, 0.5) is 4.79 Å². The zero-order chi connectivity index (χ0) is 21.4.